The van der Waals surface area contributed by atoms with Gasteiger partial charge in [-0.05, 0) is 36.4 Å². The van der Waals surface area contributed by atoms with Crippen LogP contribution in [0.15, 0.2) is 24.5 Å². The SMILES string of the molecule is Cc1c(-c2cc3cc(NC(=O)O)ncc3c(NC(=O)O)c2F)cnc2c1NCC(CO)C2. The number of carboxylic acid groups (broad SMARTS) is 2. The van der Waals surface area contributed by atoms with Gasteiger partial charge in [-0.1, -0.05) is 0 Å². The quantitative estimate of drug-likeness (QED) is 0.359. The van der Waals surface area contributed by atoms with Crippen molar-refractivity contribution in [3.63, 3.8) is 0 Å². The molecule has 2 aromatic heterocycles. The molecule has 1 unspecified atom stereocenters. The fourth-order valence-electron chi connectivity index (χ4n) is 3.91. The second-order valence-corrected chi connectivity index (χ2v) is 7.52. The zero-order valence-corrected chi connectivity index (χ0v) is 16.9. The average molecular weight is 441 g/mol. The molecule has 166 valence electrons. The van der Waals surface area contributed by atoms with Crippen molar-refractivity contribution in [2.75, 3.05) is 29.1 Å². The van der Waals surface area contributed by atoms with Crippen molar-refractivity contribution in [2.24, 2.45) is 5.92 Å². The van der Waals surface area contributed by atoms with E-state index in [1.807, 2.05) is 0 Å². The molecule has 10 nitrogen and oxygen atoms in total. The molecule has 6 N–H and O–H groups in total. The maximum atomic E-state index is 15.5. The molecule has 0 spiro atoms. The summed E-state index contributed by atoms with van der Waals surface area (Å²) in [6.45, 7) is 2.39. The van der Waals surface area contributed by atoms with Crippen LogP contribution < -0.4 is 16.0 Å². The van der Waals surface area contributed by atoms with E-state index in [9.17, 15) is 19.8 Å². The fraction of sp³-hybridized carbons (Fsp3) is 0.238. The summed E-state index contributed by atoms with van der Waals surface area (Å²) in [5, 5.41) is 35.6. The van der Waals surface area contributed by atoms with Gasteiger partial charge in [0.25, 0.3) is 0 Å². The number of benzene rings is 1. The number of rotatable bonds is 4. The van der Waals surface area contributed by atoms with Gasteiger partial charge in [-0.3, -0.25) is 15.6 Å². The molecule has 0 fully saturated rings. The van der Waals surface area contributed by atoms with E-state index in [-0.39, 0.29) is 35.0 Å². The number of pyridine rings is 2. The minimum Gasteiger partial charge on any atom is -0.465 e. The third kappa shape index (κ3) is 3.85. The van der Waals surface area contributed by atoms with Gasteiger partial charge in [0, 0.05) is 48.0 Å². The van der Waals surface area contributed by atoms with Gasteiger partial charge < -0.3 is 20.6 Å². The summed E-state index contributed by atoms with van der Waals surface area (Å²) in [5.74, 6) is -0.743. The van der Waals surface area contributed by atoms with Crippen molar-refractivity contribution < 1.29 is 29.3 Å². The molecule has 1 atom stereocenters. The average Bonchev–Trinajstić information content (AvgIpc) is 2.75. The Bertz CT molecular complexity index is 1250. The number of fused-ring (bicyclic) bond motifs is 2. The van der Waals surface area contributed by atoms with Crippen molar-refractivity contribution in [1.29, 1.82) is 0 Å². The summed E-state index contributed by atoms with van der Waals surface area (Å²) in [5.41, 5.74) is 2.51. The summed E-state index contributed by atoms with van der Waals surface area (Å²) in [6, 6.07) is 2.90. The number of hydrogen-bond acceptors (Lipinski definition) is 6. The number of aliphatic hydroxyl groups is 1. The molecule has 0 saturated heterocycles. The first kappa shape index (κ1) is 21.2. The maximum Gasteiger partial charge on any atom is 0.410 e. The van der Waals surface area contributed by atoms with Gasteiger partial charge in [0.2, 0.25) is 0 Å². The second-order valence-electron chi connectivity index (χ2n) is 7.52. The molecule has 1 aromatic carbocycles. The number of carbonyl (C=O) groups is 2. The minimum atomic E-state index is -1.45. The Labute approximate surface area is 181 Å². The molecule has 0 bridgehead atoms. The van der Waals surface area contributed by atoms with E-state index in [0.717, 1.165) is 16.9 Å². The van der Waals surface area contributed by atoms with Crippen LogP contribution in [0.25, 0.3) is 21.9 Å². The van der Waals surface area contributed by atoms with E-state index in [2.05, 4.69) is 25.9 Å². The van der Waals surface area contributed by atoms with Crippen molar-refractivity contribution in [1.82, 2.24) is 9.97 Å². The summed E-state index contributed by atoms with van der Waals surface area (Å²) < 4.78 is 15.5. The van der Waals surface area contributed by atoms with Crippen LogP contribution in [-0.2, 0) is 6.42 Å². The van der Waals surface area contributed by atoms with Crippen LogP contribution in [0.1, 0.15) is 11.3 Å². The Balaban J connectivity index is 1.91. The highest BCUT2D eigenvalue weighted by molar-refractivity contribution is 6.04. The molecule has 1 aliphatic heterocycles. The van der Waals surface area contributed by atoms with Crippen molar-refractivity contribution in [2.45, 2.75) is 13.3 Å². The molecule has 3 heterocycles. The molecule has 11 heteroatoms. The number of halogens is 1. The molecule has 0 aliphatic carbocycles. The molecule has 1 aliphatic rings. The lowest BCUT2D eigenvalue weighted by molar-refractivity contribution is 0.208. The number of nitrogens with one attached hydrogen (secondary N) is 3. The Morgan fingerprint density at radius 2 is 1.91 bits per heavy atom. The largest absolute Gasteiger partial charge is 0.465 e. The molecular formula is C21H20FN5O5. The van der Waals surface area contributed by atoms with Crippen LogP contribution in [0.3, 0.4) is 0 Å². The van der Waals surface area contributed by atoms with E-state index in [4.69, 9.17) is 5.11 Å². The van der Waals surface area contributed by atoms with E-state index in [1.165, 1.54) is 24.5 Å². The first-order valence-electron chi connectivity index (χ1n) is 9.74. The van der Waals surface area contributed by atoms with Gasteiger partial charge in [0.1, 0.15) is 5.82 Å². The van der Waals surface area contributed by atoms with Crippen LogP contribution in [0.2, 0.25) is 0 Å². The lowest BCUT2D eigenvalue weighted by atomic mass is 9.92. The molecule has 0 radical (unpaired) electrons. The standard InChI is InChI=1S/C21H20FN5O5/c1-9-13(6-23-15-2-10(8-28)5-25-18(9)15)12-3-11-4-16(26-20(29)30)24-7-14(11)19(17(12)22)27-21(31)32/h3-4,6-7,10,25,27-28H,2,5,8H2,1H3,(H,24,26)(H,29,30)(H,31,32). The number of amides is 2. The van der Waals surface area contributed by atoms with Crippen LogP contribution in [0.4, 0.5) is 31.2 Å². The van der Waals surface area contributed by atoms with Gasteiger partial charge in [0.05, 0.1) is 17.1 Å². The number of aromatic nitrogens is 2. The second kappa shape index (κ2) is 8.27. The Morgan fingerprint density at radius 1 is 1.16 bits per heavy atom. The van der Waals surface area contributed by atoms with Crippen LogP contribution in [-0.4, -0.2) is 50.6 Å². The number of aliphatic hydroxyl groups excluding tert-OH is 1. The minimum absolute atomic E-state index is 0.0147. The summed E-state index contributed by atoms with van der Waals surface area (Å²) >= 11 is 0. The summed E-state index contributed by atoms with van der Waals surface area (Å²) in [7, 11) is 0. The number of nitrogens with zero attached hydrogens (tertiary/aromatic N) is 2. The smallest absolute Gasteiger partial charge is 0.410 e. The van der Waals surface area contributed by atoms with E-state index in [1.54, 1.807) is 6.92 Å². The topological polar surface area (TPSA) is 157 Å². The normalized spacial score (nSPS) is 15.0. The first-order valence-corrected chi connectivity index (χ1v) is 9.74. The van der Waals surface area contributed by atoms with Crippen LogP contribution >= 0.6 is 0 Å². The predicted octanol–water partition coefficient (Wildman–Crippen LogP) is 3.50. The van der Waals surface area contributed by atoms with E-state index in [0.29, 0.717) is 23.9 Å². The van der Waals surface area contributed by atoms with Crippen LogP contribution in [0, 0.1) is 18.7 Å². The van der Waals surface area contributed by atoms with Gasteiger partial charge in [-0.15, -0.1) is 0 Å². The summed E-state index contributed by atoms with van der Waals surface area (Å²) in [6.07, 6.45) is 0.536. The van der Waals surface area contributed by atoms with Gasteiger partial charge >= 0.3 is 12.2 Å². The Hall–Kier alpha value is -3.99. The van der Waals surface area contributed by atoms with Gasteiger partial charge in [-0.25, -0.2) is 19.0 Å². The van der Waals surface area contributed by atoms with Crippen molar-refractivity contribution in [3.8, 4) is 11.1 Å². The zero-order valence-electron chi connectivity index (χ0n) is 16.9. The monoisotopic (exact) mass is 441 g/mol. The third-order valence-corrected chi connectivity index (χ3v) is 5.44. The third-order valence-electron chi connectivity index (χ3n) is 5.44. The first-order chi connectivity index (χ1) is 15.3. The lowest BCUT2D eigenvalue weighted by Gasteiger charge is -2.26. The highest BCUT2D eigenvalue weighted by Gasteiger charge is 2.24. The molecule has 32 heavy (non-hydrogen) atoms. The number of anilines is 3. The predicted molar refractivity (Wildman–Crippen MR) is 116 cm³/mol. The molecular weight excluding hydrogens is 421 g/mol. The zero-order chi connectivity index (χ0) is 23.0. The molecule has 2 amide bonds. The van der Waals surface area contributed by atoms with E-state index < -0.39 is 18.0 Å². The molecule has 0 saturated carbocycles. The number of hydrogen-bond donors (Lipinski definition) is 6. The molecule has 4 rings (SSSR count). The summed E-state index contributed by atoms with van der Waals surface area (Å²) in [4.78, 5) is 30.6. The van der Waals surface area contributed by atoms with Gasteiger partial charge in [-0.2, -0.15) is 0 Å². The maximum absolute atomic E-state index is 15.5. The highest BCUT2D eigenvalue weighted by Crippen LogP contribution is 2.39. The van der Waals surface area contributed by atoms with Gasteiger partial charge in [0.15, 0.2) is 5.82 Å². The fourth-order valence-corrected chi connectivity index (χ4v) is 3.91. The van der Waals surface area contributed by atoms with Crippen molar-refractivity contribution in [3.05, 3.63) is 41.6 Å². The lowest BCUT2D eigenvalue weighted by Crippen LogP contribution is -2.27. The van der Waals surface area contributed by atoms with Crippen LogP contribution in [0.5, 0.6) is 0 Å². The van der Waals surface area contributed by atoms with E-state index >= 15 is 4.39 Å². The van der Waals surface area contributed by atoms with Crippen molar-refractivity contribution >= 4 is 40.2 Å². The Morgan fingerprint density at radius 3 is 2.59 bits per heavy atom. The highest BCUT2D eigenvalue weighted by atomic mass is 19.1. The molecule has 3 aromatic rings. The Kier molecular flexibility index (Phi) is 5.49.